The number of hydrogen-bond acceptors (Lipinski definition) is 4. The Morgan fingerprint density at radius 3 is 2.11 bits per heavy atom. The first kappa shape index (κ1) is 15.9. The molecule has 0 aromatic carbocycles. The lowest BCUT2D eigenvalue weighted by Crippen LogP contribution is -2.52. The van der Waals surface area contributed by atoms with Gasteiger partial charge in [0.25, 0.3) is 0 Å². The van der Waals surface area contributed by atoms with E-state index in [1.54, 1.807) is 13.8 Å². The van der Waals surface area contributed by atoms with E-state index < -0.39 is 29.9 Å². The van der Waals surface area contributed by atoms with E-state index >= 15 is 0 Å². The summed E-state index contributed by atoms with van der Waals surface area (Å²) in [7, 11) is 0. The van der Waals surface area contributed by atoms with Gasteiger partial charge in [0, 0.05) is 6.42 Å². The van der Waals surface area contributed by atoms with E-state index in [2.05, 4.69) is 5.32 Å². The molecule has 0 aromatic rings. The molecule has 18 heavy (non-hydrogen) atoms. The standard InChI is InChI=1S/C10H17N3O5/c1-5(2)8(9(11)17)13-10(18)12-6(14)3-4-7(15)16/h5,8H,3-4H2,1-2H3,(H2,11,17)(H,15,16)(H2,12,13,14,18). The number of carbonyl (C=O) groups excluding carboxylic acids is 3. The largest absolute Gasteiger partial charge is 0.481 e. The van der Waals surface area contributed by atoms with E-state index in [1.807, 2.05) is 5.32 Å². The molecule has 0 rings (SSSR count). The lowest BCUT2D eigenvalue weighted by Gasteiger charge is -2.18. The van der Waals surface area contributed by atoms with Gasteiger partial charge in [-0.2, -0.15) is 0 Å². The molecule has 4 amide bonds. The Kier molecular flexibility index (Phi) is 6.40. The summed E-state index contributed by atoms with van der Waals surface area (Å²) >= 11 is 0. The van der Waals surface area contributed by atoms with E-state index in [0.717, 1.165) is 0 Å². The summed E-state index contributed by atoms with van der Waals surface area (Å²) in [6, 6.07) is -1.76. The van der Waals surface area contributed by atoms with Gasteiger partial charge >= 0.3 is 12.0 Å². The van der Waals surface area contributed by atoms with Gasteiger partial charge in [0.2, 0.25) is 11.8 Å². The van der Waals surface area contributed by atoms with E-state index in [-0.39, 0.29) is 18.8 Å². The molecule has 0 aliphatic heterocycles. The first-order valence-corrected chi connectivity index (χ1v) is 5.35. The molecule has 8 heteroatoms. The zero-order valence-corrected chi connectivity index (χ0v) is 10.2. The van der Waals surface area contributed by atoms with E-state index in [0.29, 0.717) is 0 Å². The molecule has 102 valence electrons. The maximum atomic E-state index is 11.3. The topological polar surface area (TPSA) is 139 Å². The monoisotopic (exact) mass is 259 g/mol. The lowest BCUT2D eigenvalue weighted by atomic mass is 10.0. The number of carboxylic acid groups (broad SMARTS) is 1. The fraction of sp³-hybridized carbons (Fsp3) is 0.600. The zero-order valence-electron chi connectivity index (χ0n) is 10.2. The Bertz CT molecular complexity index is 353. The van der Waals surface area contributed by atoms with Crippen LogP contribution in [0.5, 0.6) is 0 Å². The van der Waals surface area contributed by atoms with Crippen LogP contribution in [0.15, 0.2) is 0 Å². The summed E-state index contributed by atoms with van der Waals surface area (Å²) in [4.78, 5) is 43.6. The van der Waals surface area contributed by atoms with E-state index in [1.165, 1.54) is 0 Å². The Balaban J connectivity index is 4.20. The van der Waals surface area contributed by atoms with Gasteiger partial charge in [0.1, 0.15) is 6.04 Å². The molecule has 0 fully saturated rings. The number of hydrogen-bond donors (Lipinski definition) is 4. The second-order valence-corrected chi connectivity index (χ2v) is 4.04. The average molecular weight is 259 g/mol. The number of nitrogens with two attached hydrogens (primary N) is 1. The predicted octanol–water partition coefficient (Wildman–Crippen LogP) is -0.813. The molecule has 0 aliphatic carbocycles. The first-order chi connectivity index (χ1) is 8.23. The van der Waals surface area contributed by atoms with Crippen LogP contribution in [0, 0.1) is 5.92 Å². The molecule has 0 aliphatic rings. The highest BCUT2D eigenvalue weighted by atomic mass is 16.4. The summed E-state index contributed by atoms with van der Waals surface area (Å²) in [5.74, 6) is -2.80. The van der Waals surface area contributed by atoms with Crippen molar-refractivity contribution in [2.45, 2.75) is 32.7 Å². The highest BCUT2D eigenvalue weighted by Crippen LogP contribution is 2.00. The molecule has 0 bridgehead atoms. The molecule has 5 N–H and O–H groups in total. The summed E-state index contributed by atoms with van der Waals surface area (Å²) < 4.78 is 0. The molecule has 0 radical (unpaired) electrons. The normalized spacial score (nSPS) is 11.7. The minimum absolute atomic E-state index is 0.220. The second kappa shape index (κ2) is 7.25. The van der Waals surface area contributed by atoms with Gasteiger partial charge in [0.05, 0.1) is 6.42 Å². The Morgan fingerprint density at radius 1 is 1.17 bits per heavy atom. The van der Waals surface area contributed by atoms with Gasteiger partial charge < -0.3 is 16.2 Å². The van der Waals surface area contributed by atoms with Crippen molar-refractivity contribution in [3.05, 3.63) is 0 Å². The van der Waals surface area contributed by atoms with Crippen LogP contribution in [-0.2, 0) is 14.4 Å². The number of rotatable bonds is 6. The Hall–Kier alpha value is -2.12. The number of carbonyl (C=O) groups is 4. The molecule has 0 saturated carbocycles. The highest BCUT2D eigenvalue weighted by Gasteiger charge is 2.22. The molecule has 8 nitrogen and oxygen atoms in total. The van der Waals surface area contributed by atoms with Crippen LogP contribution >= 0.6 is 0 Å². The summed E-state index contributed by atoms with van der Waals surface area (Å²) in [5.41, 5.74) is 5.07. The lowest BCUT2D eigenvalue weighted by molar-refractivity contribution is -0.138. The van der Waals surface area contributed by atoms with Gasteiger partial charge in [0.15, 0.2) is 0 Å². The summed E-state index contributed by atoms with van der Waals surface area (Å²) in [6.07, 6.45) is -0.686. The van der Waals surface area contributed by atoms with Crippen LogP contribution < -0.4 is 16.4 Å². The Morgan fingerprint density at radius 2 is 1.72 bits per heavy atom. The van der Waals surface area contributed by atoms with Crippen LogP contribution in [0.2, 0.25) is 0 Å². The molecular formula is C10H17N3O5. The van der Waals surface area contributed by atoms with Crippen molar-refractivity contribution in [3.8, 4) is 0 Å². The number of amides is 4. The molecular weight excluding hydrogens is 242 g/mol. The van der Waals surface area contributed by atoms with Crippen molar-refractivity contribution in [2.75, 3.05) is 0 Å². The van der Waals surface area contributed by atoms with E-state index in [9.17, 15) is 19.2 Å². The number of aliphatic carboxylic acids is 1. The zero-order chi connectivity index (χ0) is 14.3. The van der Waals surface area contributed by atoms with Crippen molar-refractivity contribution in [2.24, 2.45) is 11.7 Å². The maximum Gasteiger partial charge on any atom is 0.322 e. The summed E-state index contributed by atoms with van der Waals surface area (Å²) in [5, 5.41) is 12.5. The van der Waals surface area contributed by atoms with Gasteiger partial charge in [-0.3, -0.25) is 19.7 Å². The third-order valence-corrected chi connectivity index (χ3v) is 2.08. The van der Waals surface area contributed by atoms with Gasteiger partial charge in [-0.15, -0.1) is 0 Å². The first-order valence-electron chi connectivity index (χ1n) is 5.35. The SMILES string of the molecule is CC(C)C(NC(=O)NC(=O)CCC(=O)O)C(N)=O. The smallest absolute Gasteiger partial charge is 0.322 e. The van der Waals surface area contributed by atoms with Crippen molar-refractivity contribution < 1.29 is 24.3 Å². The van der Waals surface area contributed by atoms with Crippen LogP contribution in [-0.4, -0.2) is 35.0 Å². The third kappa shape index (κ3) is 6.46. The summed E-state index contributed by atoms with van der Waals surface area (Å²) in [6.45, 7) is 3.36. The second-order valence-electron chi connectivity index (χ2n) is 4.04. The van der Waals surface area contributed by atoms with Crippen LogP contribution in [0.4, 0.5) is 4.79 Å². The molecule has 0 saturated heterocycles. The van der Waals surface area contributed by atoms with Crippen LogP contribution in [0.25, 0.3) is 0 Å². The van der Waals surface area contributed by atoms with Crippen molar-refractivity contribution >= 4 is 23.8 Å². The van der Waals surface area contributed by atoms with Gasteiger partial charge in [-0.05, 0) is 5.92 Å². The third-order valence-electron chi connectivity index (χ3n) is 2.08. The van der Waals surface area contributed by atoms with Gasteiger partial charge in [-0.1, -0.05) is 13.8 Å². The fourth-order valence-corrected chi connectivity index (χ4v) is 1.15. The van der Waals surface area contributed by atoms with Crippen molar-refractivity contribution in [1.29, 1.82) is 0 Å². The molecule has 0 spiro atoms. The Labute approximate surface area is 104 Å². The molecule has 1 unspecified atom stereocenters. The van der Waals surface area contributed by atoms with Crippen molar-refractivity contribution in [1.82, 2.24) is 10.6 Å². The van der Waals surface area contributed by atoms with Crippen molar-refractivity contribution in [3.63, 3.8) is 0 Å². The minimum atomic E-state index is -1.14. The van der Waals surface area contributed by atoms with Crippen LogP contribution in [0.3, 0.4) is 0 Å². The van der Waals surface area contributed by atoms with E-state index in [4.69, 9.17) is 10.8 Å². The molecule has 0 aromatic heterocycles. The number of imide groups is 1. The number of primary amides is 1. The molecule has 1 atom stereocenters. The molecule has 0 heterocycles. The van der Waals surface area contributed by atoms with Gasteiger partial charge in [-0.25, -0.2) is 4.79 Å². The average Bonchev–Trinajstić information content (AvgIpc) is 2.22. The number of urea groups is 1. The fourth-order valence-electron chi connectivity index (χ4n) is 1.15. The minimum Gasteiger partial charge on any atom is -0.481 e. The predicted molar refractivity (Wildman–Crippen MR) is 61.4 cm³/mol. The quantitative estimate of drug-likeness (QED) is 0.494. The maximum absolute atomic E-state index is 11.3. The highest BCUT2D eigenvalue weighted by molar-refractivity contribution is 5.97. The number of nitrogens with one attached hydrogen (secondary N) is 2. The van der Waals surface area contributed by atoms with Crippen LogP contribution in [0.1, 0.15) is 26.7 Å². The number of carboxylic acids is 1.